The van der Waals surface area contributed by atoms with Gasteiger partial charge in [-0.05, 0) is 48.4 Å². The zero-order valence-electron chi connectivity index (χ0n) is 10.6. The summed E-state index contributed by atoms with van der Waals surface area (Å²) in [6, 6.07) is 13.5. The van der Waals surface area contributed by atoms with Crippen LogP contribution in [-0.2, 0) is 4.79 Å². The van der Waals surface area contributed by atoms with Gasteiger partial charge in [-0.3, -0.25) is 4.79 Å². The predicted octanol–water partition coefficient (Wildman–Crippen LogP) is 3.79. The highest BCUT2D eigenvalue weighted by Gasteiger charge is 1.97. The minimum absolute atomic E-state index is 0.213. The molecule has 0 spiro atoms. The third-order valence-corrected chi connectivity index (χ3v) is 2.58. The van der Waals surface area contributed by atoms with Crippen LogP contribution < -0.4 is 5.32 Å². The Labute approximate surface area is 111 Å². The fraction of sp³-hybridized carbons (Fsp3) is 0.0625. The van der Waals surface area contributed by atoms with E-state index in [1.165, 1.54) is 18.2 Å². The van der Waals surface area contributed by atoms with E-state index in [0.717, 1.165) is 16.8 Å². The Morgan fingerprint density at radius 1 is 1.16 bits per heavy atom. The van der Waals surface area contributed by atoms with E-state index in [0.29, 0.717) is 0 Å². The number of nitrogens with one attached hydrogen (secondary N) is 1. The molecule has 0 aliphatic rings. The molecule has 0 radical (unpaired) electrons. The second-order valence-electron chi connectivity index (χ2n) is 4.24. The van der Waals surface area contributed by atoms with Crippen molar-refractivity contribution < 1.29 is 9.18 Å². The number of hydrogen-bond donors (Lipinski definition) is 1. The van der Waals surface area contributed by atoms with Gasteiger partial charge in [-0.2, -0.15) is 0 Å². The van der Waals surface area contributed by atoms with Crippen molar-refractivity contribution in [3.63, 3.8) is 0 Å². The number of amides is 1. The van der Waals surface area contributed by atoms with Gasteiger partial charge in [0.15, 0.2) is 0 Å². The summed E-state index contributed by atoms with van der Waals surface area (Å²) in [7, 11) is 0. The van der Waals surface area contributed by atoms with Gasteiger partial charge in [-0.1, -0.05) is 24.3 Å². The van der Waals surface area contributed by atoms with E-state index in [2.05, 4.69) is 5.32 Å². The molecule has 1 N–H and O–H groups in total. The molecular weight excluding hydrogens is 241 g/mol. The third-order valence-electron chi connectivity index (χ3n) is 2.58. The predicted molar refractivity (Wildman–Crippen MR) is 75.2 cm³/mol. The Balaban J connectivity index is 1.99. The highest BCUT2D eigenvalue weighted by atomic mass is 19.1. The van der Waals surface area contributed by atoms with Crippen molar-refractivity contribution in [3.8, 4) is 0 Å². The summed E-state index contributed by atoms with van der Waals surface area (Å²) in [6.07, 6.45) is 3.07. The normalized spacial score (nSPS) is 10.6. The first kappa shape index (κ1) is 13.0. The molecule has 19 heavy (non-hydrogen) atoms. The number of hydrogen-bond acceptors (Lipinski definition) is 1. The van der Waals surface area contributed by atoms with Gasteiger partial charge < -0.3 is 5.32 Å². The van der Waals surface area contributed by atoms with Gasteiger partial charge in [0.25, 0.3) is 0 Å². The molecule has 0 saturated carbocycles. The van der Waals surface area contributed by atoms with E-state index in [1.807, 2.05) is 31.2 Å². The van der Waals surface area contributed by atoms with Gasteiger partial charge in [0.1, 0.15) is 5.82 Å². The van der Waals surface area contributed by atoms with Crippen LogP contribution in [0.15, 0.2) is 54.6 Å². The Morgan fingerprint density at radius 2 is 1.89 bits per heavy atom. The third kappa shape index (κ3) is 4.07. The molecule has 0 aromatic heterocycles. The summed E-state index contributed by atoms with van der Waals surface area (Å²) in [5, 5.41) is 2.76. The zero-order valence-corrected chi connectivity index (χ0v) is 10.6. The number of anilines is 1. The van der Waals surface area contributed by atoms with Crippen LogP contribution in [-0.4, -0.2) is 5.91 Å². The number of halogens is 1. The Hall–Kier alpha value is -2.42. The maximum atomic E-state index is 12.7. The molecule has 1 amide bonds. The lowest BCUT2D eigenvalue weighted by Gasteiger charge is -2.02. The van der Waals surface area contributed by atoms with Crippen molar-refractivity contribution >= 4 is 17.7 Å². The van der Waals surface area contributed by atoms with E-state index in [4.69, 9.17) is 0 Å². The van der Waals surface area contributed by atoms with Crippen molar-refractivity contribution in [2.45, 2.75) is 6.92 Å². The molecule has 2 nitrogen and oxygen atoms in total. The second kappa shape index (κ2) is 5.96. The number of rotatable bonds is 3. The van der Waals surface area contributed by atoms with Crippen LogP contribution >= 0.6 is 0 Å². The van der Waals surface area contributed by atoms with Crippen LogP contribution in [0.5, 0.6) is 0 Å². The maximum absolute atomic E-state index is 12.7. The Bertz CT molecular complexity index is 602. The minimum atomic E-state index is -0.290. The molecule has 2 aromatic carbocycles. The Kier molecular flexibility index (Phi) is 4.08. The highest BCUT2D eigenvalue weighted by molar-refractivity contribution is 6.01. The average molecular weight is 255 g/mol. The number of carbonyl (C=O) groups excluding carboxylic acids is 1. The fourth-order valence-electron chi connectivity index (χ4n) is 1.65. The van der Waals surface area contributed by atoms with Crippen LogP contribution in [0.4, 0.5) is 10.1 Å². The second-order valence-corrected chi connectivity index (χ2v) is 4.24. The number of aryl methyl sites for hydroxylation is 1. The average Bonchev–Trinajstić information content (AvgIpc) is 2.38. The minimum Gasteiger partial charge on any atom is -0.323 e. The molecule has 0 saturated heterocycles. The fourth-order valence-corrected chi connectivity index (χ4v) is 1.65. The molecule has 96 valence electrons. The largest absolute Gasteiger partial charge is 0.323 e. The topological polar surface area (TPSA) is 29.1 Å². The van der Waals surface area contributed by atoms with E-state index in [9.17, 15) is 9.18 Å². The molecule has 0 unspecified atom stereocenters. The van der Waals surface area contributed by atoms with Crippen molar-refractivity contribution in [3.05, 3.63) is 71.6 Å². The van der Waals surface area contributed by atoms with Gasteiger partial charge in [-0.15, -0.1) is 0 Å². The molecular formula is C16H14FNO. The summed E-state index contributed by atoms with van der Waals surface area (Å²) in [6.45, 7) is 1.96. The molecule has 0 bridgehead atoms. The van der Waals surface area contributed by atoms with E-state index >= 15 is 0 Å². The van der Waals surface area contributed by atoms with E-state index in [-0.39, 0.29) is 11.7 Å². The SMILES string of the molecule is Cc1cccc(NC(=O)/C=C/c2ccc(F)cc2)c1. The van der Waals surface area contributed by atoms with Crippen LogP contribution in [0.2, 0.25) is 0 Å². The first-order valence-corrected chi connectivity index (χ1v) is 5.95. The first-order chi connectivity index (χ1) is 9.13. The van der Waals surface area contributed by atoms with Crippen molar-refractivity contribution in [1.82, 2.24) is 0 Å². The molecule has 2 rings (SSSR count). The van der Waals surface area contributed by atoms with Crippen LogP contribution in [0.1, 0.15) is 11.1 Å². The van der Waals surface area contributed by atoms with Gasteiger partial charge >= 0.3 is 0 Å². The lowest BCUT2D eigenvalue weighted by Crippen LogP contribution is -2.07. The molecule has 0 atom stereocenters. The van der Waals surface area contributed by atoms with E-state index in [1.54, 1.807) is 18.2 Å². The lowest BCUT2D eigenvalue weighted by molar-refractivity contribution is -0.111. The molecule has 0 aliphatic carbocycles. The first-order valence-electron chi connectivity index (χ1n) is 5.95. The molecule has 0 fully saturated rings. The van der Waals surface area contributed by atoms with Gasteiger partial charge in [0.2, 0.25) is 5.91 Å². The quantitative estimate of drug-likeness (QED) is 0.831. The summed E-state index contributed by atoms with van der Waals surface area (Å²) < 4.78 is 12.7. The van der Waals surface area contributed by atoms with Crippen molar-refractivity contribution in [1.29, 1.82) is 0 Å². The molecule has 0 heterocycles. The standard InChI is InChI=1S/C16H14FNO/c1-12-3-2-4-15(11-12)18-16(19)10-7-13-5-8-14(17)9-6-13/h2-11H,1H3,(H,18,19)/b10-7+. The molecule has 2 aromatic rings. The smallest absolute Gasteiger partial charge is 0.248 e. The molecule has 0 aliphatic heterocycles. The van der Waals surface area contributed by atoms with Crippen LogP contribution in [0.25, 0.3) is 6.08 Å². The van der Waals surface area contributed by atoms with Crippen LogP contribution in [0.3, 0.4) is 0 Å². The van der Waals surface area contributed by atoms with Crippen LogP contribution in [0, 0.1) is 12.7 Å². The van der Waals surface area contributed by atoms with Crippen molar-refractivity contribution in [2.24, 2.45) is 0 Å². The summed E-state index contributed by atoms with van der Waals surface area (Å²) in [5.41, 5.74) is 2.62. The van der Waals surface area contributed by atoms with Gasteiger partial charge in [0.05, 0.1) is 0 Å². The number of benzene rings is 2. The summed E-state index contributed by atoms with van der Waals surface area (Å²) >= 11 is 0. The Morgan fingerprint density at radius 3 is 2.58 bits per heavy atom. The van der Waals surface area contributed by atoms with E-state index < -0.39 is 0 Å². The maximum Gasteiger partial charge on any atom is 0.248 e. The zero-order chi connectivity index (χ0) is 13.7. The number of carbonyl (C=O) groups is 1. The molecule has 3 heteroatoms. The van der Waals surface area contributed by atoms with Gasteiger partial charge in [-0.25, -0.2) is 4.39 Å². The van der Waals surface area contributed by atoms with Gasteiger partial charge in [0, 0.05) is 11.8 Å². The van der Waals surface area contributed by atoms with Crippen molar-refractivity contribution in [2.75, 3.05) is 5.32 Å². The monoisotopic (exact) mass is 255 g/mol. The summed E-state index contributed by atoms with van der Waals surface area (Å²) in [5.74, 6) is -0.503. The lowest BCUT2D eigenvalue weighted by atomic mass is 10.2. The summed E-state index contributed by atoms with van der Waals surface area (Å²) in [4.78, 5) is 11.7. The highest BCUT2D eigenvalue weighted by Crippen LogP contribution is 2.10.